The number of hydrogen-bond donors (Lipinski definition) is 1. The predicted octanol–water partition coefficient (Wildman–Crippen LogP) is 1.94. The van der Waals surface area contributed by atoms with Crippen LogP contribution in [0.25, 0.3) is 0 Å². The Morgan fingerprint density at radius 2 is 1.94 bits per heavy atom. The van der Waals surface area contributed by atoms with Gasteiger partial charge < -0.3 is 10.1 Å². The van der Waals surface area contributed by atoms with Gasteiger partial charge >= 0.3 is 5.97 Å². The average molecular weight is 221 g/mol. The fraction of sp³-hybridized carbons (Fsp3) is 0.462. The fourth-order valence-electron chi connectivity index (χ4n) is 1.54. The summed E-state index contributed by atoms with van der Waals surface area (Å²) in [5, 5.41) is 3.16. The third kappa shape index (κ3) is 3.66. The summed E-state index contributed by atoms with van der Waals surface area (Å²) in [5.74, 6) is 0.137. The minimum Gasteiger partial charge on any atom is -0.468 e. The smallest absolute Gasteiger partial charge is 0.319 e. The fourth-order valence-corrected chi connectivity index (χ4v) is 1.54. The lowest BCUT2D eigenvalue weighted by Crippen LogP contribution is -2.35. The van der Waals surface area contributed by atoms with Crippen LogP contribution in [0.3, 0.4) is 0 Å². The molecular weight excluding hydrogens is 202 g/mol. The number of benzene rings is 1. The highest BCUT2D eigenvalue weighted by molar-refractivity contribution is 5.71. The molecule has 1 rings (SSSR count). The van der Waals surface area contributed by atoms with Crippen LogP contribution in [-0.2, 0) is 9.53 Å². The highest BCUT2D eigenvalue weighted by Gasteiger charge is 2.14. The van der Waals surface area contributed by atoms with Gasteiger partial charge in [-0.05, 0) is 18.4 Å². The molecule has 1 aromatic rings. The van der Waals surface area contributed by atoms with E-state index in [9.17, 15) is 4.79 Å². The van der Waals surface area contributed by atoms with Crippen molar-refractivity contribution in [2.45, 2.75) is 25.8 Å². The van der Waals surface area contributed by atoms with Crippen LogP contribution < -0.4 is 5.32 Å². The number of esters is 1. The third-order valence-electron chi connectivity index (χ3n) is 2.87. The van der Waals surface area contributed by atoms with Crippen LogP contribution in [0.2, 0.25) is 0 Å². The Morgan fingerprint density at radius 1 is 1.31 bits per heavy atom. The molecule has 0 saturated heterocycles. The van der Waals surface area contributed by atoms with Gasteiger partial charge in [0, 0.05) is 6.04 Å². The monoisotopic (exact) mass is 221 g/mol. The molecule has 88 valence electrons. The van der Waals surface area contributed by atoms with Crippen LogP contribution >= 0.6 is 0 Å². The molecule has 16 heavy (non-hydrogen) atoms. The van der Waals surface area contributed by atoms with Gasteiger partial charge in [-0.1, -0.05) is 37.3 Å². The summed E-state index contributed by atoms with van der Waals surface area (Å²) in [6.07, 6.45) is 0. The van der Waals surface area contributed by atoms with E-state index < -0.39 is 0 Å². The van der Waals surface area contributed by atoms with Crippen molar-refractivity contribution in [3.63, 3.8) is 0 Å². The minimum atomic E-state index is -0.230. The Hall–Kier alpha value is -1.35. The van der Waals surface area contributed by atoms with Gasteiger partial charge in [-0.25, -0.2) is 0 Å². The van der Waals surface area contributed by atoms with Crippen LogP contribution in [0.5, 0.6) is 0 Å². The lowest BCUT2D eigenvalue weighted by Gasteiger charge is -2.21. The molecule has 0 aromatic heterocycles. The average Bonchev–Trinajstić information content (AvgIpc) is 2.35. The molecule has 1 aromatic carbocycles. The van der Waals surface area contributed by atoms with Gasteiger partial charge in [0.2, 0.25) is 0 Å². The van der Waals surface area contributed by atoms with Crippen molar-refractivity contribution >= 4 is 5.97 Å². The Labute approximate surface area is 96.8 Å². The first-order chi connectivity index (χ1) is 7.65. The summed E-state index contributed by atoms with van der Waals surface area (Å²) in [6.45, 7) is 4.47. The zero-order chi connectivity index (χ0) is 12.0. The number of methoxy groups -OCH3 is 1. The standard InChI is InChI=1S/C13H19NO2/c1-10(12-7-5-4-6-8-12)11(2)14-9-13(15)16-3/h4-8,10-11,14H,9H2,1-3H3/t10-,11-/m0/s1. The Kier molecular flexibility index (Phi) is 4.99. The molecule has 0 radical (unpaired) electrons. The summed E-state index contributed by atoms with van der Waals surface area (Å²) in [4.78, 5) is 11.0. The molecule has 0 aliphatic carbocycles. The molecule has 0 amide bonds. The number of hydrogen-bond acceptors (Lipinski definition) is 3. The van der Waals surface area contributed by atoms with Crippen LogP contribution in [0, 0.1) is 0 Å². The molecule has 2 atom stereocenters. The van der Waals surface area contributed by atoms with Crippen molar-refractivity contribution in [3.8, 4) is 0 Å². The summed E-state index contributed by atoms with van der Waals surface area (Å²) < 4.78 is 4.58. The second-order valence-electron chi connectivity index (χ2n) is 3.95. The molecule has 0 aliphatic rings. The van der Waals surface area contributed by atoms with Gasteiger partial charge in [0.15, 0.2) is 0 Å². The first kappa shape index (κ1) is 12.7. The SMILES string of the molecule is COC(=O)CN[C@@H](C)[C@H](C)c1ccccc1. The van der Waals surface area contributed by atoms with E-state index in [1.165, 1.54) is 12.7 Å². The number of rotatable bonds is 5. The molecule has 3 nitrogen and oxygen atoms in total. The molecule has 0 unspecified atom stereocenters. The van der Waals surface area contributed by atoms with E-state index in [1.807, 2.05) is 18.2 Å². The highest BCUT2D eigenvalue weighted by atomic mass is 16.5. The van der Waals surface area contributed by atoms with Gasteiger partial charge in [0.05, 0.1) is 13.7 Å². The van der Waals surface area contributed by atoms with Crippen molar-refractivity contribution in [1.82, 2.24) is 5.32 Å². The second kappa shape index (κ2) is 6.28. The molecule has 0 aliphatic heterocycles. The minimum absolute atomic E-state index is 0.230. The van der Waals surface area contributed by atoms with E-state index in [0.717, 1.165) is 0 Å². The van der Waals surface area contributed by atoms with E-state index >= 15 is 0 Å². The summed E-state index contributed by atoms with van der Waals surface area (Å²) in [5.41, 5.74) is 1.27. The van der Waals surface area contributed by atoms with Gasteiger partial charge in [-0.15, -0.1) is 0 Å². The van der Waals surface area contributed by atoms with Crippen LogP contribution in [0.4, 0.5) is 0 Å². The highest BCUT2D eigenvalue weighted by Crippen LogP contribution is 2.18. The molecule has 0 bridgehead atoms. The van der Waals surface area contributed by atoms with Gasteiger partial charge in [-0.2, -0.15) is 0 Å². The van der Waals surface area contributed by atoms with Crippen LogP contribution in [0.15, 0.2) is 30.3 Å². The van der Waals surface area contributed by atoms with Crippen molar-refractivity contribution in [3.05, 3.63) is 35.9 Å². The largest absolute Gasteiger partial charge is 0.468 e. The van der Waals surface area contributed by atoms with Gasteiger partial charge in [-0.3, -0.25) is 4.79 Å². The van der Waals surface area contributed by atoms with Crippen LogP contribution in [-0.4, -0.2) is 25.7 Å². The molecule has 0 saturated carbocycles. The maximum atomic E-state index is 11.0. The van der Waals surface area contributed by atoms with Crippen LogP contribution in [0.1, 0.15) is 25.3 Å². The molecule has 0 fully saturated rings. The summed E-state index contributed by atoms with van der Waals surface area (Å²) in [7, 11) is 1.40. The summed E-state index contributed by atoms with van der Waals surface area (Å²) in [6, 6.07) is 10.5. The number of nitrogens with one attached hydrogen (secondary N) is 1. The van der Waals surface area contributed by atoms with Crippen molar-refractivity contribution < 1.29 is 9.53 Å². The maximum absolute atomic E-state index is 11.0. The molecule has 0 spiro atoms. The normalized spacial score (nSPS) is 14.2. The number of carbonyl (C=O) groups excluding carboxylic acids is 1. The van der Waals surface area contributed by atoms with E-state index in [0.29, 0.717) is 5.92 Å². The summed E-state index contributed by atoms with van der Waals surface area (Å²) >= 11 is 0. The molecule has 1 N–H and O–H groups in total. The maximum Gasteiger partial charge on any atom is 0.319 e. The third-order valence-corrected chi connectivity index (χ3v) is 2.87. The van der Waals surface area contributed by atoms with E-state index in [1.54, 1.807) is 0 Å². The van der Waals surface area contributed by atoms with E-state index in [4.69, 9.17) is 0 Å². The lowest BCUT2D eigenvalue weighted by molar-refractivity contribution is -0.139. The van der Waals surface area contributed by atoms with E-state index in [2.05, 4.69) is 36.0 Å². The van der Waals surface area contributed by atoms with Crippen molar-refractivity contribution in [2.75, 3.05) is 13.7 Å². The Bertz CT molecular complexity index is 324. The quantitative estimate of drug-likeness (QED) is 0.772. The topological polar surface area (TPSA) is 38.3 Å². The second-order valence-corrected chi connectivity index (χ2v) is 3.95. The van der Waals surface area contributed by atoms with Gasteiger partial charge in [0.25, 0.3) is 0 Å². The Morgan fingerprint density at radius 3 is 2.50 bits per heavy atom. The molecular formula is C13H19NO2. The number of carbonyl (C=O) groups is 1. The molecule has 3 heteroatoms. The van der Waals surface area contributed by atoms with E-state index in [-0.39, 0.29) is 18.6 Å². The number of ether oxygens (including phenoxy) is 1. The molecule has 0 heterocycles. The first-order valence-electron chi connectivity index (χ1n) is 5.50. The van der Waals surface area contributed by atoms with Crippen molar-refractivity contribution in [1.29, 1.82) is 0 Å². The lowest BCUT2D eigenvalue weighted by atomic mass is 9.94. The Balaban J connectivity index is 2.48. The van der Waals surface area contributed by atoms with Gasteiger partial charge in [0.1, 0.15) is 0 Å². The van der Waals surface area contributed by atoms with Crippen molar-refractivity contribution in [2.24, 2.45) is 0 Å². The zero-order valence-electron chi connectivity index (χ0n) is 10.1. The zero-order valence-corrected chi connectivity index (χ0v) is 10.1. The predicted molar refractivity (Wildman–Crippen MR) is 64.3 cm³/mol. The first-order valence-corrected chi connectivity index (χ1v) is 5.50.